The summed E-state index contributed by atoms with van der Waals surface area (Å²) in [5, 5.41) is 8.58. The monoisotopic (exact) mass is 462 g/mol. The van der Waals surface area contributed by atoms with Crippen LogP contribution in [0.4, 0.5) is 5.13 Å². The third-order valence-electron chi connectivity index (χ3n) is 5.26. The Balaban J connectivity index is 1.50. The summed E-state index contributed by atoms with van der Waals surface area (Å²) in [6, 6.07) is 6.98. The van der Waals surface area contributed by atoms with E-state index in [2.05, 4.69) is 15.4 Å². The summed E-state index contributed by atoms with van der Waals surface area (Å²) in [5.41, 5.74) is 1.87. The molecule has 3 heterocycles. The smallest absolute Gasteiger partial charge is 0.273 e. The maximum atomic E-state index is 12.8. The molecule has 9 nitrogen and oxygen atoms in total. The van der Waals surface area contributed by atoms with Crippen molar-refractivity contribution in [2.75, 3.05) is 23.9 Å². The van der Waals surface area contributed by atoms with Crippen molar-refractivity contribution in [2.24, 2.45) is 5.10 Å². The number of ether oxygens (including phenoxy) is 1. The van der Waals surface area contributed by atoms with Crippen molar-refractivity contribution in [1.82, 2.24) is 9.99 Å². The minimum absolute atomic E-state index is 0.0328. The van der Waals surface area contributed by atoms with E-state index in [0.717, 1.165) is 21.9 Å². The molecular formula is C20H22N4O5S2. The van der Waals surface area contributed by atoms with E-state index in [4.69, 9.17) is 4.74 Å². The van der Waals surface area contributed by atoms with Crippen molar-refractivity contribution in [3.8, 4) is 17.0 Å². The number of benzene rings is 1. The number of carbonyl (C=O) groups is 2. The third-order valence-corrected chi connectivity index (χ3v) is 7.89. The summed E-state index contributed by atoms with van der Waals surface area (Å²) in [7, 11) is -1.57. The third kappa shape index (κ3) is 4.62. The summed E-state index contributed by atoms with van der Waals surface area (Å²) < 4.78 is 28.7. The van der Waals surface area contributed by atoms with Crippen LogP contribution in [-0.2, 0) is 19.4 Å². The number of aryl methyl sites for hydroxylation is 1. The SMILES string of the molecule is COc1ccc(-c2nc(NC(=O)C3=NN([C@H]4CCS(=O)(=O)C4)C(=O)CC3)sc2C)cc1. The quantitative estimate of drug-likeness (QED) is 0.728. The Morgan fingerprint density at radius 3 is 2.65 bits per heavy atom. The highest BCUT2D eigenvalue weighted by atomic mass is 32.2. The van der Waals surface area contributed by atoms with Gasteiger partial charge in [-0.3, -0.25) is 14.9 Å². The van der Waals surface area contributed by atoms with Gasteiger partial charge in [0.25, 0.3) is 5.91 Å². The topological polar surface area (TPSA) is 118 Å². The second-order valence-corrected chi connectivity index (χ2v) is 10.9. The molecule has 0 unspecified atom stereocenters. The summed E-state index contributed by atoms with van der Waals surface area (Å²) in [5.74, 6) is -0.0347. The number of nitrogens with one attached hydrogen (secondary N) is 1. The molecule has 1 atom stereocenters. The molecular weight excluding hydrogens is 440 g/mol. The second kappa shape index (κ2) is 8.39. The number of carbonyl (C=O) groups excluding carboxylic acids is 2. The first-order chi connectivity index (χ1) is 14.8. The predicted octanol–water partition coefficient (Wildman–Crippen LogP) is 2.23. The van der Waals surface area contributed by atoms with E-state index in [0.29, 0.717) is 11.6 Å². The number of hydrazone groups is 1. The van der Waals surface area contributed by atoms with Gasteiger partial charge in [-0.15, -0.1) is 11.3 Å². The second-order valence-electron chi connectivity index (χ2n) is 7.45. The number of hydrogen-bond acceptors (Lipinski definition) is 8. The molecule has 1 fully saturated rings. The van der Waals surface area contributed by atoms with Crippen LogP contribution in [0.3, 0.4) is 0 Å². The molecule has 1 aromatic carbocycles. The number of thiazole rings is 1. The van der Waals surface area contributed by atoms with Gasteiger partial charge >= 0.3 is 0 Å². The number of hydrogen-bond donors (Lipinski definition) is 1. The van der Waals surface area contributed by atoms with Crippen LogP contribution in [0.15, 0.2) is 29.4 Å². The molecule has 11 heteroatoms. The van der Waals surface area contributed by atoms with Gasteiger partial charge in [0.2, 0.25) is 5.91 Å². The fourth-order valence-electron chi connectivity index (χ4n) is 3.62. The van der Waals surface area contributed by atoms with Crippen molar-refractivity contribution in [1.29, 1.82) is 0 Å². The standard InChI is InChI=1S/C20H22N4O5S2/c1-12-18(13-3-5-15(29-2)6-4-13)21-20(30-12)22-19(26)16-7-8-17(25)24(23-16)14-9-10-31(27,28)11-14/h3-6,14H,7-11H2,1-2H3,(H,21,22,26)/t14-/m0/s1. The number of aromatic nitrogens is 1. The number of anilines is 1. The van der Waals surface area contributed by atoms with Crippen LogP contribution in [0.2, 0.25) is 0 Å². The first-order valence-electron chi connectivity index (χ1n) is 9.79. The Kier molecular flexibility index (Phi) is 5.80. The molecule has 0 aliphatic carbocycles. The zero-order valence-corrected chi connectivity index (χ0v) is 18.8. The van der Waals surface area contributed by atoms with Crippen LogP contribution in [0, 0.1) is 6.92 Å². The number of methoxy groups -OCH3 is 1. The maximum absolute atomic E-state index is 12.8. The van der Waals surface area contributed by atoms with Gasteiger partial charge in [0.15, 0.2) is 15.0 Å². The van der Waals surface area contributed by atoms with Crippen molar-refractivity contribution < 1.29 is 22.7 Å². The van der Waals surface area contributed by atoms with E-state index < -0.39 is 21.8 Å². The Bertz CT molecular complexity index is 1150. The summed E-state index contributed by atoms with van der Waals surface area (Å²) >= 11 is 1.35. The lowest BCUT2D eigenvalue weighted by atomic mass is 10.1. The van der Waals surface area contributed by atoms with E-state index in [-0.39, 0.29) is 36.0 Å². The molecule has 1 N–H and O–H groups in total. The van der Waals surface area contributed by atoms with E-state index in [1.807, 2.05) is 31.2 Å². The van der Waals surface area contributed by atoms with Gasteiger partial charge in [-0.2, -0.15) is 5.10 Å². The average molecular weight is 463 g/mol. The molecule has 0 bridgehead atoms. The lowest BCUT2D eigenvalue weighted by molar-refractivity contribution is -0.133. The molecule has 1 aromatic heterocycles. The highest BCUT2D eigenvalue weighted by Gasteiger charge is 2.37. The highest BCUT2D eigenvalue weighted by molar-refractivity contribution is 7.91. The zero-order chi connectivity index (χ0) is 22.2. The molecule has 164 valence electrons. The van der Waals surface area contributed by atoms with E-state index in [1.54, 1.807) is 7.11 Å². The first-order valence-corrected chi connectivity index (χ1v) is 12.4. The van der Waals surface area contributed by atoms with Gasteiger partial charge < -0.3 is 4.74 Å². The minimum atomic E-state index is -3.17. The predicted molar refractivity (Wildman–Crippen MR) is 118 cm³/mol. The zero-order valence-electron chi connectivity index (χ0n) is 17.1. The Labute approximate surface area is 184 Å². The largest absolute Gasteiger partial charge is 0.497 e. The van der Waals surface area contributed by atoms with Crippen LogP contribution < -0.4 is 10.1 Å². The van der Waals surface area contributed by atoms with Crippen LogP contribution in [0.25, 0.3) is 11.3 Å². The highest BCUT2D eigenvalue weighted by Crippen LogP contribution is 2.31. The Morgan fingerprint density at radius 2 is 2.00 bits per heavy atom. The van der Waals surface area contributed by atoms with Crippen molar-refractivity contribution in [2.45, 2.75) is 32.2 Å². The van der Waals surface area contributed by atoms with Crippen molar-refractivity contribution in [3.63, 3.8) is 0 Å². The van der Waals surface area contributed by atoms with E-state index in [1.165, 1.54) is 16.3 Å². The van der Waals surface area contributed by atoms with Gasteiger partial charge in [-0.1, -0.05) is 0 Å². The van der Waals surface area contributed by atoms with Crippen LogP contribution >= 0.6 is 11.3 Å². The minimum Gasteiger partial charge on any atom is -0.497 e. The Hall–Kier alpha value is -2.79. The lowest BCUT2D eigenvalue weighted by Crippen LogP contribution is -2.42. The van der Waals surface area contributed by atoms with E-state index >= 15 is 0 Å². The normalized spacial score (nSPS) is 20.5. The molecule has 31 heavy (non-hydrogen) atoms. The molecule has 0 spiro atoms. The fraction of sp³-hybridized carbons (Fsp3) is 0.400. The van der Waals surface area contributed by atoms with Gasteiger partial charge in [0.1, 0.15) is 11.5 Å². The Morgan fingerprint density at radius 1 is 1.26 bits per heavy atom. The molecule has 4 rings (SSSR count). The number of sulfone groups is 1. The molecule has 2 aliphatic rings. The maximum Gasteiger partial charge on any atom is 0.273 e. The first kappa shape index (κ1) is 21.4. The van der Waals surface area contributed by atoms with Crippen LogP contribution in [0.1, 0.15) is 24.1 Å². The van der Waals surface area contributed by atoms with Gasteiger partial charge in [-0.05, 0) is 37.6 Å². The molecule has 2 amide bonds. The molecule has 2 aliphatic heterocycles. The molecule has 2 aromatic rings. The lowest BCUT2D eigenvalue weighted by Gasteiger charge is -2.27. The number of amides is 2. The summed E-state index contributed by atoms with van der Waals surface area (Å²) in [4.78, 5) is 30.5. The van der Waals surface area contributed by atoms with Crippen LogP contribution in [0.5, 0.6) is 5.75 Å². The van der Waals surface area contributed by atoms with E-state index in [9.17, 15) is 18.0 Å². The molecule has 0 saturated carbocycles. The molecule has 1 saturated heterocycles. The average Bonchev–Trinajstić information content (AvgIpc) is 3.29. The van der Waals surface area contributed by atoms with Crippen molar-refractivity contribution >= 4 is 43.8 Å². The van der Waals surface area contributed by atoms with Crippen molar-refractivity contribution in [3.05, 3.63) is 29.1 Å². The summed E-state index contributed by atoms with van der Waals surface area (Å²) in [6.07, 6.45) is 0.663. The number of nitrogens with zero attached hydrogens (tertiary/aromatic N) is 3. The van der Waals surface area contributed by atoms with Gasteiger partial charge in [-0.25, -0.2) is 18.4 Å². The van der Waals surface area contributed by atoms with Crippen LogP contribution in [-0.4, -0.2) is 60.6 Å². The summed E-state index contributed by atoms with van der Waals surface area (Å²) in [6.45, 7) is 1.92. The molecule has 0 radical (unpaired) electrons. The number of rotatable bonds is 5. The van der Waals surface area contributed by atoms with Gasteiger partial charge in [0, 0.05) is 23.3 Å². The fourth-order valence-corrected chi connectivity index (χ4v) is 6.15. The van der Waals surface area contributed by atoms with Gasteiger partial charge in [0.05, 0.1) is 30.4 Å².